The van der Waals surface area contributed by atoms with E-state index in [2.05, 4.69) is 12.2 Å². The van der Waals surface area contributed by atoms with Gasteiger partial charge in [0.25, 0.3) is 5.91 Å². The van der Waals surface area contributed by atoms with Crippen LogP contribution < -0.4 is 11.1 Å². The normalized spacial score (nSPS) is 20.3. The monoisotopic (exact) mass is 331 g/mol. The molecule has 2 rings (SSSR count). The summed E-state index contributed by atoms with van der Waals surface area (Å²) in [5.74, 6) is -0.695. The number of urea groups is 1. The van der Waals surface area contributed by atoms with Crippen LogP contribution in [0.25, 0.3) is 0 Å². The molecular formula is C18H25N3O3. The van der Waals surface area contributed by atoms with Crippen molar-refractivity contribution in [2.45, 2.75) is 58.0 Å². The molecule has 1 saturated heterocycles. The molecule has 4 amide bonds. The smallest absolute Gasteiger partial charge is 0.325 e. The zero-order valence-corrected chi connectivity index (χ0v) is 14.3. The third-order valence-electron chi connectivity index (χ3n) is 4.45. The molecule has 1 fully saturated rings. The van der Waals surface area contributed by atoms with E-state index in [1.165, 1.54) is 4.90 Å². The first-order chi connectivity index (χ1) is 11.4. The number of benzene rings is 1. The molecule has 3 N–H and O–H groups in total. The fourth-order valence-electron chi connectivity index (χ4n) is 2.92. The molecule has 1 heterocycles. The molecule has 1 atom stereocenters. The van der Waals surface area contributed by atoms with E-state index in [1.54, 1.807) is 31.2 Å². The maximum absolute atomic E-state index is 12.6. The minimum atomic E-state index is -0.821. The van der Waals surface area contributed by atoms with Gasteiger partial charge in [0.1, 0.15) is 5.54 Å². The molecule has 1 unspecified atom stereocenters. The number of primary amides is 1. The Kier molecular flexibility index (Phi) is 5.59. The minimum absolute atomic E-state index is 0.189. The molecule has 1 aromatic rings. The average Bonchev–Trinajstić information content (AvgIpc) is 2.76. The van der Waals surface area contributed by atoms with Gasteiger partial charge in [-0.3, -0.25) is 14.5 Å². The van der Waals surface area contributed by atoms with E-state index < -0.39 is 11.4 Å². The van der Waals surface area contributed by atoms with Gasteiger partial charge in [0, 0.05) is 5.56 Å². The Bertz CT molecular complexity index is 627. The van der Waals surface area contributed by atoms with Crippen molar-refractivity contribution in [3.05, 3.63) is 35.4 Å². The molecule has 130 valence electrons. The Morgan fingerprint density at radius 2 is 1.83 bits per heavy atom. The molecule has 0 aliphatic carbocycles. The number of carbonyl (C=O) groups is 3. The highest BCUT2D eigenvalue weighted by atomic mass is 16.2. The first-order valence-electron chi connectivity index (χ1n) is 8.40. The van der Waals surface area contributed by atoms with Crippen LogP contribution in [0, 0.1) is 0 Å². The van der Waals surface area contributed by atoms with Gasteiger partial charge in [0.15, 0.2) is 0 Å². The standard InChI is InChI=1S/C18H25N3O3/c1-3-4-5-6-11-18(2)16(23)21(17(24)20-18)12-13-7-9-14(10-8-13)15(19)22/h7-10H,3-6,11-12H2,1-2H3,(H2,19,22)(H,20,24). The molecule has 6 heteroatoms. The molecular weight excluding hydrogens is 306 g/mol. The lowest BCUT2D eigenvalue weighted by Gasteiger charge is -2.21. The number of amides is 4. The summed E-state index contributed by atoms with van der Waals surface area (Å²) in [4.78, 5) is 37.2. The Hall–Kier alpha value is -2.37. The Labute approximate surface area is 142 Å². The SMILES string of the molecule is CCCCCCC1(C)NC(=O)N(Cc2ccc(C(N)=O)cc2)C1=O. The Morgan fingerprint density at radius 3 is 2.42 bits per heavy atom. The summed E-state index contributed by atoms with van der Waals surface area (Å²) in [6, 6.07) is 6.24. The highest BCUT2D eigenvalue weighted by Crippen LogP contribution is 2.25. The van der Waals surface area contributed by atoms with Gasteiger partial charge in [-0.2, -0.15) is 0 Å². The fourth-order valence-corrected chi connectivity index (χ4v) is 2.92. The topological polar surface area (TPSA) is 92.5 Å². The number of nitrogens with one attached hydrogen (secondary N) is 1. The van der Waals surface area contributed by atoms with Crippen molar-refractivity contribution in [1.82, 2.24) is 10.2 Å². The molecule has 1 aromatic carbocycles. The number of carbonyl (C=O) groups excluding carboxylic acids is 3. The van der Waals surface area contributed by atoms with Gasteiger partial charge in [-0.25, -0.2) is 4.79 Å². The molecule has 0 aromatic heterocycles. The molecule has 1 aliphatic heterocycles. The van der Waals surface area contributed by atoms with Crippen LogP contribution in [0.3, 0.4) is 0 Å². The van der Waals surface area contributed by atoms with E-state index in [0.29, 0.717) is 12.0 Å². The molecule has 0 bridgehead atoms. The van der Waals surface area contributed by atoms with Crippen molar-refractivity contribution < 1.29 is 14.4 Å². The van der Waals surface area contributed by atoms with E-state index in [1.807, 2.05) is 0 Å². The first-order valence-corrected chi connectivity index (χ1v) is 8.40. The summed E-state index contributed by atoms with van der Waals surface area (Å²) in [6.45, 7) is 4.11. The summed E-state index contributed by atoms with van der Waals surface area (Å²) >= 11 is 0. The van der Waals surface area contributed by atoms with Crippen LogP contribution in [-0.4, -0.2) is 28.3 Å². The van der Waals surface area contributed by atoms with Crippen LogP contribution in [0.2, 0.25) is 0 Å². The number of nitrogens with zero attached hydrogens (tertiary/aromatic N) is 1. The quantitative estimate of drug-likeness (QED) is 0.566. The molecule has 0 saturated carbocycles. The van der Waals surface area contributed by atoms with Crippen molar-refractivity contribution in [3.8, 4) is 0 Å². The van der Waals surface area contributed by atoms with Crippen LogP contribution in [-0.2, 0) is 11.3 Å². The lowest BCUT2D eigenvalue weighted by molar-refractivity contribution is -0.131. The van der Waals surface area contributed by atoms with Gasteiger partial charge in [-0.1, -0.05) is 44.7 Å². The molecule has 24 heavy (non-hydrogen) atoms. The summed E-state index contributed by atoms with van der Waals surface area (Å²) in [5, 5.41) is 2.82. The number of unbranched alkanes of at least 4 members (excludes halogenated alkanes) is 3. The third-order valence-corrected chi connectivity index (χ3v) is 4.45. The molecule has 1 aliphatic rings. The predicted octanol–water partition coefficient (Wildman–Crippen LogP) is 2.57. The molecule has 0 radical (unpaired) electrons. The second kappa shape index (κ2) is 7.47. The van der Waals surface area contributed by atoms with Crippen LogP contribution in [0.5, 0.6) is 0 Å². The highest BCUT2D eigenvalue weighted by Gasteiger charge is 2.46. The van der Waals surface area contributed by atoms with Crippen molar-refractivity contribution in [2.24, 2.45) is 5.73 Å². The Balaban J connectivity index is 2.01. The fraction of sp³-hybridized carbons (Fsp3) is 0.500. The number of imide groups is 1. The van der Waals surface area contributed by atoms with E-state index in [4.69, 9.17) is 5.73 Å². The number of nitrogens with two attached hydrogens (primary N) is 1. The van der Waals surface area contributed by atoms with Crippen molar-refractivity contribution in [2.75, 3.05) is 0 Å². The predicted molar refractivity (Wildman–Crippen MR) is 91.2 cm³/mol. The van der Waals surface area contributed by atoms with Crippen LogP contribution in [0.1, 0.15) is 61.9 Å². The first kappa shape index (κ1) is 18.0. The summed E-state index contributed by atoms with van der Waals surface area (Å²) in [5.41, 5.74) is 5.56. The number of hydrogen-bond donors (Lipinski definition) is 2. The summed E-state index contributed by atoms with van der Waals surface area (Å²) in [6.07, 6.45) is 4.88. The minimum Gasteiger partial charge on any atom is -0.366 e. The van der Waals surface area contributed by atoms with Gasteiger partial charge >= 0.3 is 6.03 Å². The van der Waals surface area contributed by atoms with Gasteiger partial charge < -0.3 is 11.1 Å². The Morgan fingerprint density at radius 1 is 1.17 bits per heavy atom. The van der Waals surface area contributed by atoms with Crippen molar-refractivity contribution in [3.63, 3.8) is 0 Å². The summed E-state index contributed by atoms with van der Waals surface area (Å²) < 4.78 is 0. The van der Waals surface area contributed by atoms with Gasteiger partial charge in [-0.15, -0.1) is 0 Å². The lowest BCUT2D eigenvalue weighted by Crippen LogP contribution is -2.43. The van der Waals surface area contributed by atoms with E-state index in [-0.39, 0.29) is 18.5 Å². The van der Waals surface area contributed by atoms with E-state index in [0.717, 1.165) is 31.2 Å². The van der Waals surface area contributed by atoms with Crippen LogP contribution in [0.15, 0.2) is 24.3 Å². The average molecular weight is 331 g/mol. The van der Waals surface area contributed by atoms with E-state index in [9.17, 15) is 14.4 Å². The van der Waals surface area contributed by atoms with Gasteiger partial charge in [0.05, 0.1) is 6.54 Å². The van der Waals surface area contributed by atoms with Crippen molar-refractivity contribution >= 4 is 17.8 Å². The largest absolute Gasteiger partial charge is 0.366 e. The molecule has 0 spiro atoms. The van der Waals surface area contributed by atoms with Crippen molar-refractivity contribution in [1.29, 1.82) is 0 Å². The summed E-state index contributed by atoms with van der Waals surface area (Å²) in [7, 11) is 0. The zero-order chi connectivity index (χ0) is 17.7. The number of hydrogen-bond acceptors (Lipinski definition) is 3. The maximum atomic E-state index is 12.6. The molecule has 6 nitrogen and oxygen atoms in total. The zero-order valence-electron chi connectivity index (χ0n) is 14.3. The number of rotatable bonds is 8. The maximum Gasteiger partial charge on any atom is 0.325 e. The third kappa shape index (κ3) is 3.93. The second-order valence-electron chi connectivity index (χ2n) is 6.53. The van der Waals surface area contributed by atoms with Gasteiger partial charge in [-0.05, 0) is 31.0 Å². The second-order valence-corrected chi connectivity index (χ2v) is 6.53. The van der Waals surface area contributed by atoms with Gasteiger partial charge in [0.2, 0.25) is 5.91 Å². The van der Waals surface area contributed by atoms with Crippen LogP contribution in [0.4, 0.5) is 4.79 Å². The van der Waals surface area contributed by atoms with E-state index >= 15 is 0 Å². The van der Waals surface area contributed by atoms with Crippen LogP contribution >= 0.6 is 0 Å². The highest BCUT2D eigenvalue weighted by molar-refractivity contribution is 6.06. The lowest BCUT2D eigenvalue weighted by atomic mass is 9.94.